The van der Waals surface area contributed by atoms with Crippen molar-refractivity contribution in [1.82, 2.24) is 4.98 Å². The van der Waals surface area contributed by atoms with Gasteiger partial charge in [0.05, 0.1) is 7.11 Å². The van der Waals surface area contributed by atoms with Crippen LogP contribution in [0.3, 0.4) is 0 Å². The summed E-state index contributed by atoms with van der Waals surface area (Å²) in [4.78, 5) is 16.8. The van der Waals surface area contributed by atoms with Gasteiger partial charge in [-0.1, -0.05) is 24.3 Å². The van der Waals surface area contributed by atoms with Gasteiger partial charge in [-0.3, -0.25) is 9.78 Å². The number of rotatable bonds is 7. The molecule has 0 atom stereocenters. The molecule has 2 aromatic carbocycles. The average molecular weight is 375 g/mol. The lowest BCUT2D eigenvalue weighted by Crippen LogP contribution is -2.15. The molecule has 144 valence electrons. The molecule has 0 spiro atoms. The highest BCUT2D eigenvalue weighted by Gasteiger charge is 2.10. The van der Waals surface area contributed by atoms with Crippen molar-refractivity contribution in [2.45, 2.75) is 20.3 Å². The van der Waals surface area contributed by atoms with Crippen LogP contribution < -0.4 is 15.4 Å². The topological polar surface area (TPSA) is 63.2 Å². The Balaban J connectivity index is 1.59. The summed E-state index contributed by atoms with van der Waals surface area (Å²) in [6, 6.07) is 17.6. The second-order valence-electron chi connectivity index (χ2n) is 6.73. The quantitative estimate of drug-likeness (QED) is 0.633. The number of ether oxygens (including phenoxy) is 1. The molecule has 0 bridgehead atoms. The van der Waals surface area contributed by atoms with Crippen molar-refractivity contribution in [3.63, 3.8) is 0 Å². The second kappa shape index (κ2) is 9.04. The first-order chi connectivity index (χ1) is 13.5. The summed E-state index contributed by atoms with van der Waals surface area (Å²) in [5.74, 6) is 0.637. The lowest BCUT2D eigenvalue weighted by atomic mass is 10.1. The van der Waals surface area contributed by atoms with Gasteiger partial charge in [0.25, 0.3) is 5.91 Å². The van der Waals surface area contributed by atoms with E-state index in [0.29, 0.717) is 5.69 Å². The fourth-order valence-electron chi connectivity index (χ4n) is 2.86. The van der Waals surface area contributed by atoms with E-state index in [-0.39, 0.29) is 5.91 Å². The van der Waals surface area contributed by atoms with Gasteiger partial charge in [0.2, 0.25) is 0 Å². The van der Waals surface area contributed by atoms with Crippen LogP contribution in [0.5, 0.6) is 5.75 Å². The fraction of sp³-hybridized carbons (Fsp3) is 0.217. The number of aromatic nitrogens is 1. The SMILES string of the molecule is COc1ccc(CCNc2ccnc(C(=O)Nc3cc(C)ccc3C)c2)cc1. The van der Waals surface area contributed by atoms with Gasteiger partial charge < -0.3 is 15.4 Å². The number of aryl methyl sites for hydroxylation is 2. The van der Waals surface area contributed by atoms with Crippen LogP contribution in [0.25, 0.3) is 0 Å². The van der Waals surface area contributed by atoms with Gasteiger partial charge in [-0.05, 0) is 67.3 Å². The third-order valence-corrected chi connectivity index (χ3v) is 4.54. The minimum atomic E-state index is -0.215. The Morgan fingerprint density at radius 1 is 1.04 bits per heavy atom. The standard InChI is InChI=1S/C23H25N3O2/c1-16-4-5-17(2)21(14-16)26-23(27)22-15-19(11-13-25-22)24-12-10-18-6-8-20(28-3)9-7-18/h4-9,11,13-15H,10,12H2,1-3H3,(H,24,25)(H,26,27). The molecule has 0 fully saturated rings. The summed E-state index contributed by atoms with van der Waals surface area (Å²) in [7, 11) is 1.66. The van der Waals surface area contributed by atoms with Gasteiger partial charge in [-0.15, -0.1) is 0 Å². The zero-order valence-corrected chi connectivity index (χ0v) is 16.5. The van der Waals surface area contributed by atoms with E-state index in [1.54, 1.807) is 19.4 Å². The largest absolute Gasteiger partial charge is 0.497 e. The molecule has 3 rings (SSSR count). The summed E-state index contributed by atoms with van der Waals surface area (Å²) < 4.78 is 5.17. The maximum Gasteiger partial charge on any atom is 0.274 e. The summed E-state index contributed by atoms with van der Waals surface area (Å²) in [5.41, 5.74) is 5.40. The molecule has 0 radical (unpaired) electrons. The first kappa shape index (κ1) is 19.4. The molecule has 0 saturated heterocycles. The number of hydrogen-bond acceptors (Lipinski definition) is 4. The van der Waals surface area contributed by atoms with Crippen molar-refractivity contribution >= 4 is 17.3 Å². The summed E-state index contributed by atoms with van der Waals surface area (Å²) in [5, 5.41) is 6.30. The molecule has 0 aliphatic rings. The predicted octanol–water partition coefficient (Wildman–Crippen LogP) is 4.61. The first-order valence-electron chi connectivity index (χ1n) is 9.26. The molecular weight excluding hydrogens is 350 g/mol. The number of nitrogens with one attached hydrogen (secondary N) is 2. The van der Waals surface area contributed by atoms with E-state index in [9.17, 15) is 4.79 Å². The van der Waals surface area contributed by atoms with Crippen LogP contribution in [-0.2, 0) is 6.42 Å². The Bertz CT molecular complexity index is 952. The summed E-state index contributed by atoms with van der Waals surface area (Å²) >= 11 is 0. The molecule has 1 aromatic heterocycles. The van der Waals surface area contributed by atoms with Gasteiger partial charge in [-0.25, -0.2) is 0 Å². The number of benzene rings is 2. The Morgan fingerprint density at radius 3 is 2.57 bits per heavy atom. The van der Waals surface area contributed by atoms with Crippen LogP contribution in [0.15, 0.2) is 60.8 Å². The third kappa shape index (κ3) is 5.10. The van der Waals surface area contributed by atoms with Gasteiger partial charge in [0, 0.05) is 24.1 Å². The lowest BCUT2D eigenvalue weighted by Gasteiger charge is -2.11. The van der Waals surface area contributed by atoms with Crippen LogP contribution in [0.4, 0.5) is 11.4 Å². The summed E-state index contributed by atoms with van der Waals surface area (Å²) in [6.07, 6.45) is 2.52. The van der Waals surface area contributed by atoms with Crippen molar-refractivity contribution in [1.29, 1.82) is 0 Å². The van der Waals surface area contributed by atoms with Crippen LogP contribution >= 0.6 is 0 Å². The van der Waals surface area contributed by atoms with Crippen LogP contribution in [0.1, 0.15) is 27.2 Å². The molecule has 1 heterocycles. The maximum absolute atomic E-state index is 12.6. The number of methoxy groups -OCH3 is 1. The highest BCUT2D eigenvalue weighted by Crippen LogP contribution is 2.18. The molecule has 3 aromatic rings. The van der Waals surface area contributed by atoms with E-state index in [0.717, 1.165) is 41.2 Å². The number of nitrogens with zero attached hydrogens (tertiary/aromatic N) is 1. The van der Waals surface area contributed by atoms with Gasteiger partial charge in [-0.2, -0.15) is 0 Å². The van der Waals surface area contributed by atoms with Gasteiger partial charge in [0.1, 0.15) is 11.4 Å². The molecule has 5 heteroatoms. The van der Waals surface area contributed by atoms with E-state index in [2.05, 4.69) is 27.8 Å². The number of hydrogen-bond donors (Lipinski definition) is 2. The number of pyridine rings is 1. The molecular formula is C23H25N3O2. The van der Waals surface area contributed by atoms with E-state index in [4.69, 9.17) is 4.74 Å². The molecule has 0 unspecified atom stereocenters. The molecule has 5 nitrogen and oxygen atoms in total. The van der Waals surface area contributed by atoms with Crippen molar-refractivity contribution in [2.75, 3.05) is 24.3 Å². The number of carbonyl (C=O) groups is 1. The summed E-state index contributed by atoms with van der Waals surface area (Å²) in [6.45, 7) is 4.73. The van der Waals surface area contributed by atoms with Crippen molar-refractivity contribution in [2.24, 2.45) is 0 Å². The van der Waals surface area contributed by atoms with Crippen LogP contribution in [-0.4, -0.2) is 24.5 Å². The molecule has 0 aliphatic heterocycles. The van der Waals surface area contributed by atoms with Crippen molar-refractivity contribution < 1.29 is 9.53 Å². The third-order valence-electron chi connectivity index (χ3n) is 4.54. The normalized spacial score (nSPS) is 10.4. The highest BCUT2D eigenvalue weighted by atomic mass is 16.5. The van der Waals surface area contributed by atoms with Crippen molar-refractivity contribution in [3.8, 4) is 5.75 Å². The molecule has 2 N–H and O–H groups in total. The number of amides is 1. The zero-order valence-electron chi connectivity index (χ0n) is 16.5. The number of carbonyl (C=O) groups excluding carboxylic acids is 1. The fourth-order valence-corrected chi connectivity index (χ4v) is 2.86. The Labute approximate surface area is 165 Å². The maximum atomic E-state index is 12.6. The minimum absolute atomic E-state index is 0.215. The molecule has 0 aliphatic carbocycles. The minimum Gasteiger partial charge on any atom is -0.497 e. The Hall–Kier alpha value is -3.34. The first-order valence-corrected chi connectivity index (χ1v) is 9.26. The van der Waals surface area contributed by atoms with E-state index < -0.39 is 0 Å². The smallest absolute Gasteiger partial charge is 0.274 e. The molecule has 1 amide bonds. The monoisotopic (exact) mass is 375 g/mol. The van der Waals surface area contributed by atoms with Crippen LogP contribution in [0.2, 0.25) is 0 Å². The highest BCUT2D eigenvalue weighted by molar-refractivity contribution is 6.03. The molecule has 0 saturated carbocycles. The van der Waals surface area contributed by atoms with Gasteiger partial charge >= 0.3 is 0 Å². The Kier molecular flexibility index (Phi) is 6.27. The van der Waals surface area contributed by atoms with Crippen LogP contribution in [0, 0.1) is 13.8 Å². The second-order valence-corrected chi connectivity index (χ2v) is 6.73. The van der Waals surface area contributed by atoms with E-state index >= 15 is 0 Å². The average Bonchev–Trinajstić information content (AvgIpc) is 2.71. The zero-order chi connectivity index (χ0) is 19.9. The van der Waals surface area contributed by atoms with Gasteiger partial charge in [0.15, 0.2) is 0 Å². The lowest BCUT2D eigenvalue weighted by molar-refractivity contribution is 0.102. The van der Waals surface area contributed by atoms with E-state index in [1.807, 2.05) is 50.2 Å². The molecule has 28 heavy (non-hydrogen) atoms. The van der Waals surface area contributed by atoms with Crippen molar-refractivity contribution in [3.05, 3.63) is 83.2 Å². The Morgan fingerprint density at radius 2 is 1.82 bits per heavy atom. The van der Waals surface area contributed by atoms with E-state index in [1.165, 1.54) is 5.56 Å². The number of anilines is 2. The predicted molar refractivity (Wildman–Crippen MR) is 113 cm³/mol.